The number of rotatable bonds is 11. The predicted molar refractivity (Wildman–Crippen MR) is 84.9 cm³/mol. The van der Waals surface area contributed by atoms with Crippen molar-refractivity contribution in [1.29, 1.82) is 0 Å². The van der Waals surface area contributed by atoms with E-state index in [1.165, 1.54) is 6.92 Å². The van der Waals surface area contributed by atoms with E-state index in [1.807, 2.05) is 0 Å². The minimum atomic E-state index is -8.20. The molecule has 0 heterocycles. The Labute approximate surface area is 173 Å². The first-order chi connectivity index (χ1) is 13.9. The quantitative estimate of drug-likeness (QED) is 0.217. The number of hydrogen-bond donors (Lipinski definition) is 2. The van der Waals surface area contributed by atoms with Gasteiger partial charge in [-0.15, -0.1) is 6.58 Å². The maximum Gasteiger partial charge on any atom is 0.438 e. The lowest BCUT2D eigenvalue weighted by atomic mass is 9.91. The average molecular weight is 527 g/mol. The second-order valence-electron chi connectivity index (χ2n) is 6.05. The number of unbranched alkanes of at least 4 members (excludes halogenated alkanes) is 1. The van der Waals surface area contributed by atoms with Gasteiger partial charge in [-0.2, -0.15) is 61.1 Å². The van der Waals surface area contributed by atoms with E-state index in [4.69, 9.17) is 10.3 Å². The maximum absolute atomic E-state index is 13.4. The summed E-state index contributed by atoms with van der Waals surface area (Å²) in [5.41, 5.74) is 4.91. The zero-order valence-electron chi connectivity index (χ0n) is 15.9. The molecule has 1 unspecified atom stereocenters. The summed E-state index contributed by atoms with van der Waals surface area (Å²) in [4.78, 5) is 0. The Morgan fingerprint density at radius 1 is 0.875 bits per heavy atom. The summed E-state index contributed by atoms with van der Waals surface area (Å²) in [7, 11) is -7.62. The second kappa shape index (κ2) is 10.3. The fraction of sp³-hybridized carbons (Fsp3) is 0.857. The molecular formula is C14H18F13NO3S. The van der Waals surface area contributed by atoms with Gasteiger partial charge in [0.05, 0.1) is 0 Å². The van der Waals surface area contributed by atoms with E-state index in [-0.39, 0.29) is 6.42 Å². The van der Waals surface area contributed by atoms with Crippen LogP contribution in [0.4, 0.5) is 57.1 Å². The summed E-state index contributed by atoms with van der Waals surface area (Å²) < 4.78 is 200. The third-order valence-electron chi connectivity index (χ3n) is 3.66. The molecule has 0 rings (SSSR count). The van der Waals surface area contributed by atoms with Gasteiger partial charge in [-0.1, -0.05) is 25.8 Å². The van der Waals surface area contributed by atoms with Gasteiger partial charge in [0, 0.05) is 6.54 Å². The van der Waals surface area contributed by atoms with Crippen LogP contribution in [0, 0.1) is 0 Å². The molecule has 32 heavy (non-hydrogen) atoms. The van der Waals surface area contributed by atoms with Crippen molar-refractivity contribution in [2.24, 2.45) is 5.73 Å². The summed E-state index contributed by atoms with van der Waals surface area (Å²) in [6, 6.07) is 0. The molecule has 194 valence electrons. The highest BCUT2D eigenvalue weighted by molar-refractivity contribution is 7.87. The van der Waals surface area contributed by atoms with Crippen molar-refractivity contribution < 1.29 is 70.0 Å². The highest BCUT2D eigenvalue weighted by atomic mass is 32.2. The molecule has 0 saturated heterocycles. The minimum Gasteiger partial charge on any atom is -0.327 e. The van der Waals surface area contributed by atoms with Crippen molar-refractivity contribution in [3.8, 4) is 0 Å². The number of alkyl halides is 13. The van der Waals surface area contributed by atoms with Crippen LogP contribution in [0.15, 0.2) is 12.7 Å². The fourth-order valence-electron chi connectivity index (χ4n) is 1.71. The molecular weight excluding hydrogens is 509 g/mol. The second-order valence-corrected chi connectivity index (χ2v) is 7.51. The molecule has 0 saturated carbocycles. The molecule has 0 fully saturated rings. The molecule has 0 aliphatic rings. The van der Waals surface area contributed by atoms with Gasteiger partial charge in [0.1, 0.15) is 0 Å². The van der Waals surface area contributed by atoms with Gasteiger partial charge in [-0.25, -0.2) is 4.39 Å². The molecule has 0 aromatic heterocycles. The zero-order chi connectivity index (χ0) is 26.6. The molecule has 0 aromatic rings. The van der Waals surface area contributed by atoms with E-state index in [9.17, 15) is 65.5 Å². The Balaban J connectivity index is 0. The standard InChI is InChI=1S/C11H11F13O3S.C3H7N/c1-2-3-4-5(12)6(13,14)7(15,16)8(17,18)9(19,20)10(21,22)11(23,24)28(25,26)27;1-2-3-4/h5H,2-4H2,1H3,(H,25,26,27);2H,1,3-4H2. The van der Waals surface area contributed by atoms with Crippen molar-refractivity contribution in [1.82, 2.24) is 0 Å². The van der Waals surface area contributed by atoms with Crippen LogP contribution in [-0.4, -0.2) is 60.6 Å². The van der Waals surface area contributed by atoms with Crippen molar-refractivity contribution in [2.75, 3.05) is 6.54 Å². The fourth-order valence-corrected chi connectivity index (χ4v) is 2.16. The molecule has 18 heteroatoms. The van der Waals surface area contributed by atoms with Crippen LogP contribution in [0.2, 0.25) is 0 Å². The Morgan fingerprint density at radius 2 is 1.22 bits per heavy atom. The molecule has 0 aliphatic heterocycles. The van der Waals surface area contributed by atoms with Crippen LogP contribution >= 0.6 is 0 Å². The van der Waals surface area contributed by atoms with Crippen LogP contribution in [0.5, 0.6) is 0 Å². The molecule has 0 amide bonds. The minimum absolute atomic E-state index is 0.173. The molecule has 0 aliphatic carbocycles. The van der Waals surface area contributed by atoms with E-state index >= 15 is 0 Å². The van der Waals surface area contributed by atoms with Gasteiger partial charge >= 0.3 is 45.0 Å². The average Bonchev–Trinajstić information content (AvgIpc) is 2.64. The lowest BCUT2D eigenvalue weighted by molar-refractivity contribution is -0.421. The first-order valence-electron chi connectivity index (χ1n) is 8.08. The molecule has 4 nitrogen and oxygen atoms in total. The van der Waals surface area contributed by atoms with Crippen molar-refractivity contribution in [2.45, 2.75) is 67.2 Å². The van der Waals surface area contributed by atoms with Gasteiger partial charge in [-0.05, 0) is 6.42 Å². The topological polar surface area (TPSA) is 80.4 Å². The highest BCUT2D eigenvalue weighted by Gasteiger charge is 2.92. The lowest BCUT2D eigenvalue weighted by Crippen LogP contribution is -2.72. The van der Waals surface area contributed by atoms with E-state index in [0.717, 1.165) is 0 Å². The SMILES string of the molecule is C=CCN.CCCCC(F)C(F)(F)C(F)(F)C(F)(F)C(F)(F)C(F)(F)C(F)(F)S(=O)(=O)O. The van der Waals surface area contributed by atoms with Crippen LogP contribution in [0.3, 0.4) is 0 Å². The van der Waals surface area contributed by atoms with Gasteiger partial charge in [0.15, 0.2) is 6.17 Å². The van der Waals surface area contributed by atoms with Gasteiger partial charge in [0.25, 0.3) is 0 Å². The normalized spacial score (nSPS) is 15.6. The van der Waals surface area contributed by atoms with Gasteiger partial charge in [-0.3, -0.25) is 4.55 Å². The van der Waals surface area contributed by atoms with Gasteiger partial charge in [0.2, 0.25) is 0 Å². The van der Waals surface area contributed by atoms with Gasteiger partial charge < -0.3 is 5.73 Å². The number of halogens is 13. The first-order valence-corrected chi connectivity index (χ1v) is 9.52. The summed E-state index contributed by atoms with van der Waals surface area (Å²) in [6.07, 6.45) is -5.07. The van der Waals surface area contributed by atoms with Crippen LogP contribution < -0.4 is 5.73 Å². The van der Waals surface area contributed by atoms with Crippen LogP contribution in [0.25, 0.3) is 0 Å². The molecule has 0 aromatic carbocycles. The van der Waals surface area contributed by atoms with E-state index < -0.39 is 64.0 Å². The summed E-state index contributed by atoms with van der Waals surface area (Å²) >= 11 is 0. The summed E-state index contributed by atoms with van der Waals surface area (Å²) in [6.45, 7) is 5.12. The maximum atomic E-state index is 13.4. The highest BCUT2D eigenvalue weighted by Crippen LogP contribution is 2.61. The van der Waals surface area contributed by atoms with Crippen molar-refractivity contribution in [3.05, 3.63) is 12.7 Å². The van der Waals surface area contributed by atoms with E-state index in [2.05, 4.69) is 6.58 Å². The van der Waals surface area contributed by atoms with Crippen LogP contribution in [0.1, 0.15) is 26.2 Å². The lowest BCUT2D eigenvalue weighted by Gasteiger charge is -2.41. The largest absolute Gasteiger partial charge is 0.438 e. The molecule has 0 bridgehead atoms. The molecule has 0 spiro atoms. The number of nitrogens with two attached hydrogens (primary N) is 1. The summed E-state index contributed by atoms with van der Waals surface area (Å²) in [5, 5.41) is -7.50. The van der Waals surface area contributed by atoms with Crippen molar-refractivity contribution in [3.63, 3.8) is 0 Å². The van der Waals surface area contributed by atoms with Crippen LogP contribution in [-0.2, 0) is 10.1 Å². The third-order valence-corrected chi connectivity index (χ3v) is 4.57. The first kappa shape index (κ1) is 32.9. The van der Waals surface area contributed by atoms with Crippen molar-refractivity contribution >= 4 is 10.1 Å². The number of hydrogen-bond acceptors (Lipinski definition) is 3. The predicted octanol–water partition coefficient (Wildman–Crippen LogP) is 5.30. The Kier molecular flexibility index (Phi) is 10.6. The smallest absolute Gasteiger partial charge is 0.327 e. The molecule has 3 N–H and O–H groups in total. The molecule has 1 atom stereocenters. The Hall–Kier alpha value is -1.30. The third kappa shape index (κ3) is 5.43. The monoisotopic (exact) mass is 527 g/mol. The Bertz CT molecular complexity index is 725. The van der Waals surface area contributed by atoms with E-state index in [1.54, 1.807) is 6.08 Å². The Morgan fingerprint density at radius 3 is 1.50 bits per heavy atom. The zero-order valence-corrected chi connectivity index (χ0v) is 16.7. The van der Waals surface area contributed by atoms with E-state index in [0.29, 0.717) is 6.54 Å². The molecule has 0 radical (unpaired) electrons. The summed E-state index contributed by atoms with van der Waals surface area (Å²) in [5.74, 6) is -38.8.